The van der Waals surface area contributed by atoms with Gasteiger partial charge in [-0.1, -0.05) is 19.8 Å². The standard InChI is InChI=1S/C16H21N3O8/c1-2-3-4-5-11(20)24-8-9-12-13(27-16(22)26-12)14(25-9)19-7-6-10(18-23)17-15(19)21/h6-7,9,12-14,23H,2-5,8H2,1H3,(H,17,18,21)/t9-,12-,13-,14-/m1/s1. The van der Waals surface area contributed by atoms with Crippen molar-refractivity contribution in [3.8, 4) is 0 Å². The number of aromatic nitrogens is 2. The second kappa shape index (κ2) is 8.35. The Hall–Kier alpha value is -2.66. The smallest absolute Gasteiger partial charge is 0.463 e. The van der Waals surface area contributed by atoms with Gasteiger partial charge >= 0.3 is 17.8 Å². The molecule has 3 heterocycles. The monoisotopic (exact) mass is 383 g/mol. The molecule has 0 aliphatic carbocycles. The number of hydrogen-bond donors (Lipinski definition) is 2. The first-order valence-electron chi connectivity index (χ1n) is 8.71. The van der Waals surface area contributed by atoms with Crippen LogP contribution in [-0.4, -0.2) is 51.8 Å². The Bertz CT molecular complexity index is 751. The molecule has 2 aliphatic heterocycles. The number of nitrogens with zero attached hydrogens (tertiary/aromatic N) is 2. The van der Waals surface area contributed by atoms with Crippen LogP contribution in [0.3, 0.4) is 0 Å². The second-order valence-corrected chi connectivity index (χ2v) is 6.23. The third kappa shape index (κ3) is 4.19. The Morgan fingerprint density at radius 1 is 1.33 bits per heavy atom. The van der Waals surface area contributed by atoms with Gasteiger partial charge in [0.15, 0.2) is 24.3 Å². The molecule has 0 aromatic carbocycles. The summed E-state index contributed by atoms with van der Waals surface area (Å²) in [6.45, 7) is 1.91. The molecule has 0 radical (unpaired) electrons. The summed E-state index contributed by atoms with van der Waals surface area (Å²) in [5.41, 5.74) is 1.04. The predicted molar refractivity (Wildman–Crippen MR) is 88.1 cm³/mol. The zero-order valence-electron chi connectivity index (χ0n) is 14.7. The van der Waals surface area contributed by atoms with Crippen molar-refractivity contribution in [2.45, 2.75) is 57.1 Å². The van der Waals surface area contributed by atoms with Gasteiger partial charge < -0.3 is 18.9 Å². The van der Waals surface area contributed by atoms with Crippen LogP contribution in [0.1, 0.15) is 38.8 Å². The Kier molecular flexibility index (Phi) is 5.91. The fraction of sp³-hybridized carbons (Fsp3) is 0.625. The molecule has 0 unspecified atom stereocenters. The Morgan fingerprint density at radius 3 is 2.81 bits per heavy atom. The van der Waals surface area contributed by atoms with Crippen molar-refractivity contribution in [2.75, 3.05) is 12.1 Å². The summed E-state index contributed by atoms with van der Waals surface area (Å²) in [6, 6.07) is 1.35. The fourth-order valence-corrected chi connectivity index (χ4v) is 3.02. The predicted octanol–water partition coefficient (Wildman–Crippen LogP) is 0.969. The van der Waals surface area contributed by atoms with Crippen molar-refractivity contribution in [1.82, 2.24) is 9.55 Å². The molecule has 27 heavy (non-hydrogen) atoms. The van der Waals surface area contributed by atoms with Crippen LogP contribution >= 0.6 is 0 Å². The van der Waals surface area contributed by atoms with E-state index in [1.807, 2.05) is 6.92 Å². The number of esters is 1. The number of fused-ring (bicyclic) bond motifs is 1. The maximum absolute atomic E-state index is 12.1. The van der Waals surface area contributed by atoms with E-state index in [1.54, 1.807) is 5.48 Å². The Morgan fingerprint density at radius 2 is 2.11 bits per heavy atom. The van der Waals surface area contributed by atoms with Crippen molar-refractivity contribution >= 4 is 17.9 Å². The highest BCUT2D eigenvalue weighted by Crippen LogP contribution is 2.37. The summed E-state index contributed by atoms with van der Waals surface area (Å²) in [7, 11) is 0. The maximum atomic E-state index is 12.1. The maximum Gasteiger partial charge on any atom is 0.509 e. The molecule has 11 heteroatoms. The molecule has 3 rings (SSSR count). The van der Waals surface area contributed by atoms with Gasteiger partial charge in [-0.3, -0.25) is 20.0 Å². The normalized spacial score (nSPS) is 26.2. The van der Waals surface area contributed by atoms with E-state index < -0.39 is 36.4 Å². The van der Waals surface area contributed by atoms with E-state index in [4.69, 9.17) is 24.2 Å². The number of unbranched alkanes of at least 4 members (excludes halogenated alkanes) is 2. The molecular weight excluding hydrogens is 362 g/mol. The van der Waals surface area contributed by atoms with E-state index in [2.05, 4.69) is 4.98 Å². The Labute approximate surface area is 154 Å². The molecule has 11 nitrogen and oxygen atoms in total. The van der Waals surface area contributed by atoms with Crippen LogP contribution in [-0.2, 0) is 23.7 Å². The highest BCUT2D eigenvalue weighted by Gasteiger charge is 2.55. The SMILES string of the molecule is CCCCCC(=O)OC[C@H]1O[C@@H](n2ccc(NO)nc2=O)[C@@H]2OC(=O)O[C@@H]21. The van der Waals surface area contributed by atoms with Gasteiger partial charge in [0.25, 0.3) is 0 Å². The zero-order chi connectivity index (χ0) is 19.4. The molecule has 2 saturated heterocycles. The number of nitrogens with one attached hydrogen (secondary N) is 1. The summed E-state index contributed by atoms with van der Waals surface area (Å²) >= 11 is 0. The van der Waals surface area contributed by atoms with E-state index >= 15 is 0 Å². The highest BCUT2D eigenvalue weighted by atomic mass is 16.8. The molecule has 0 bridgehead atoms. The highest BCUT2D eigenvalue weighted by molar-refractivity contribution is 5.69. The largest absolute Gasteiger partial charge is 0.509 e. The molecule has 2 aliphatic rings. The number of rotatable bonds is 8. The second-order valence-electron chi connectivity index (χ2n) is 6.23. The van der Waals surface area contributed by atoms with Gasteiger partial charge in [0.05, 0.1) is 0 Å². The lowest BCUT2D eigenvalue weighted by atomic mass is 10.1. The van der Waals surface area contributed by atoms with Crippen molar-refractivity contribution in [3.05, 3.63) is 22.7 Å². The van der Waals surface area contributed by atoms with Crippen molar-refractivity contribution in [1.29, 1.82) is 0 Å². The van der Waals surface area contributed by atoms with Crippen LogP contribution in [0.15, 0.2) is 17.1 Å². The minimum atomic E-state index is -0.988. The van der Waals surface area contributed by atoms with Crippen molar-refractivity contribution in [2.24, 2.45) is 0 Å². The molecule has 0 saturated carbocycles. The van der Waals surface area contributed by atoms with E-state index in [0.29, 0.717) is 6.42 Å². The van der Waals surface area contributed by atoms with E-state index in [1.165, 1.54) is 12.3 Å². The quantitative estimate of drug-likeness (QED) is 0.379. The average Bonchev–Trinajstić information content (AvgIpc) is 3.18. The minimum Gasteiger partial charge on any atom is -0.463 e. The first-order chi connectivity index (χ1) is 13.0. The third-order valence-electron chi connectivity index (χ3n) is 4.36. The molecule has 0 spiro atoms. The molecule has 1 aromatic heterocycles. The summed E-state index contributed by atoms with van der Waals surface area (Å²) in [6.07, 6.45) is -0.0437. The van der Waals surface area contributed by atoms with Crippen molar-refractivity contribution < 1.29 is 33.7 Å². The van der Waals surface area contributed by atoms with Gasteiger partial charge in [-0.2, -0.15) is 4.98 Å². The van der Waals surface area contributed by atoms with Crippen LogP contribution in [0.2, 0.25) is 0 Å². The van der Waals surface area contributed by atoms with Crippen LogP contribution in [0.4, 0.5) is 10.6 Å². The van der Waals surface area contributed by atoms with Gasteiger partial charge in [0.2, 0.25) is 0 Å². The number of carbonyl (C=O) groups excluding carboxylic acids is 2. The fourth-order valence-electron chi connectivity index (χ4n) is 3.02. The molecule has 2 N–H and O–H groups in total. The average molecular weight is 383 g/mol. The van der Waals surface area contributed by atoms with Gasteiger partial charge in [-0.05, 0) is 12.5 Å². The van der Waals surface area contributed by atoms with Crippen LogP contribution < -0.4 is 11.2 Å². The number of ether oxygens (including phenoxy) is 4. The topological polar surface area (TPSA) is 138 Å². The molecule has 4 atom stereocenters. The van der Waals surface area contributed by atoms with Crippen LogP contribution in [0.5, 0.6) is 0 Å². The van der Waals surface area contributed by atoms with Gasteiger partial charge in [0.1, 0.15) is 12.7 Å². The lowest BCUT2D eigenvalue weighted by Crippen LogP contribution is -2.34. The number of anilines is 1. The molecule has 1 aromatic rings. The molecule has 148 valence electrons. The zero-order valence-corrected chi connectivity index (χ0v) is 14.7. The van der Waals surface area contributed by atoms with E-state index in [9.17, 15) is 14.4 Å². The first-order valence-corrected chi connectivity index (χ1v) is 8.71. The third-order valence-corrected chi connectivity index (χ3v) is 4.36. The molecule has 0 amide bonds. The summed E-state index contributed by atoms with van der Waals surface area (Å²) in [4.78, 5) is 39.1. The summed E-state index contributed by atoms with van der Waals surface area (Å²) in [5.74, 6) is -0.405. The molecular formula is C16H21N3O8. The van der Waals surface area contributed by atoms with Gasteiger partial charge in [-0.15, -0.1) is 0 Å². The lowest BCUT2D eigenvalue weighted by molar-refractivity contribution is -0.151. The van der Waals surface area contributed by atoms with E-state index in [-0.39, 0.29) is 18.4 Å². The van der Waals surface area contributed by atoms with Crippen molar-refractivity contribution in [3.63, 3.8) is 0 Å². The lowest BCUT2D eigenvalue weighted by Gasteiger charge is -2.18. The first kappa shape index (κ1) is 19.1. The summed E-state index contributed by atoms with van der Waals surface area (Å²) < 4.78 is 22.3. The summed E-state index contributed by atoms with van der Waals surface area (Å²) in [5, 5.41) is 8.81. The minimum absolute atomic E-state index is 0.0389. The van der Waals surface area contributed by atoms with E-state index in [0.717, 1.165) is 23.8 Å². The van der Waals surface area contributed by atoms with Crippen LogP contribution in [0.25, 0.3) is 0 Å². The number of carbonyl (C=O) groups is 2. The molecule has 2 fully saturated rings. The number of hydrogen-bond acceptors (Lipinski definition) is 10. The van der Waals surface area contributed by atoms with Gasteiger partial charge in [0, 0.05) is 12.6 Å². The van der Waals surface area contributed by atoms with Crippen LogP contribution in [0, 0.1) is 0 Å². The Balaban J connectivity index is 1.68. The van der Waals surface area contributed by atoms with Gasteiger partial charge in [-0.25, -0.2) is 9.59 Å².